The molecule has 0 aliphatic heterocycles. The van der Waals surface area contributed by atoms with E-state index < -0.39 is 11.3 Å². The Kier molecular flexibility index (Phi) is 9.46. The van der Waals surface area contributed by atoms with Crippen LogP contribution in [0.25, 0.3) is 0 Å². The molecule has 0 aliphatic rings. The predicted molar refractivity (Wildman–Crippen MR) is 98.4 cm³/mol. The summed E-state index contributed by atoms with van der Waals surface area (Å²) in [7, 11) is 3.05. The molecule has 1 atom stereocenters. The van der Waals surface area contributed by atoms with E-state index >= 15 is 0 Å². The minimum atomic E-state index is -0.752. The van der Waals surface area contributed by atoms with Gasteiger partial charge in [-0.25, -0.2) is 0 Å². The number of nitrogens with one attached hydrogen (secondary N) is 2. The lowest BCUT2D eigenvalue weighted by molar-refractivity contribution is -0.136. The van der Waals surface area contributed by atoms with E-state index in [9.17, 15) is 14.4 Å². The Labute approximate surface area is 157 Å². The van der Waals surface area contributed by atoms with Crippen molar-refractivity contribution >= 4 is 35.0 Å². The largest absolute Gasteiger partial charge is 0.497 e. The van der Waals surface area contributed by atoms with Crippen LogP contribution in [0.4, 0.5) is 5.69 Å². The summed E-state index contributed by atoms with van der Waals surface area (Å²) >= 11 is 5.79. The Morgan fingerprint density at radius 1 is 1.15 bits per heavy atom. The zero-order valence-corrected chi connectivity index (χ0v) is 15.8. The summed E-state index contributed by atoms with van der Waals surface area (Å²) in [6, 6.07) is 6.79. The van der Waals surface area contributed by atoms with E-state index in [0.717, 1.165) is 0 Å². The molecule has 0 aliphatic carbocycles. The van der Waals surface area contributed by atoms with Crippen LogP contribution in [0, 0.1) is 0 Å². The number of carbonyl (C=O) groups is 3. The molecule has 0 bridgehead atoms. The van der Waals surface area contributed by atoms with Crippen molar-refractivity contribution in [2.75, 3.05) is 45.8 Å². The number of hydrogen-bond acceptors (Lipinski definition) is 5. The second-order valence-corrected chi connectivity index (χ2v) is 6.08. The minimum Gasteiger partial charge on any atom is -0.497 e. The van der Waals surface area contributed by atoms with Crippen LogP contribution in [-0.4, -0.2) is 68.5 Å². The van der Waals surface area contributed by atoms with Gasteiger partial charge in [0.2, 0.25) is 17.7 Å². The van der Waals surface area contributed by atoms with Crippen LogP contribution in [0.2, 0.25) is 0 Å². The van der Waals surface area contributed by atoms with Gasteiger partial charge in [0.05, 0.1) is 26.8 Å². The third kappa shape index (κ3) is 7.71. The lowest BCUT2D eigenvalue weighted by Crippen LogP contribution is -2.46. The van der Waals surface area contributed by atoms with Gasteiger partial charge in [-0.1, -0.05) is 0 Å². The fraction of sp³-hybridized carbons (Fsp3) is 0.471. The van der Waals surface area contributed by atoms with Crippen LogP contribution >= 0.6 is 11.6 Å². The molecule has 1 aromatic rings. The number of rotatable bonds is 10. The van der Waals surface area contributed by atoms with Crippen LogP contribution in [0.3, 0.4) is 0 Å². The summed E-state index contributed by atoms with van der Waals surface area (Å²) in [6.45, 7) is 1.63. The summed E-state index contributed by atoms with van der Waals surface area (Å²) in [5.41, 5.74) is 0.581. The topological polar surface area (TPSA) is 97.0 Å². The van der Waals surface area contributed by atoms with Gasteiger partial charge >= 0.3 is 0 Å². The molecule has 1 aromatic carbocycles. The normalized spacial score (nSPS) is 11.4. The first-order valence-electron chi connectivity index (χ1n) is 7.99. The average molecular weight is 386 g/mol. The first-order valence-corrected chi connectivity index (χ1v) is 8.43. The number of benzene rings is 1. The second kappa shape index (κ2) is 11.3. The molecule has 3 amide bonds. The summed E-state index contributed by atoms with van der Waals surface area (Å²) in [4.78, 5) is 37.2. The lowest BCUT2D eigenvalue weighted by atomic mass is 10.3. The maximum Gasteiger partial charge on any atom is 0.243 e. The number of alkyl halides is 1. The van der Waals surface area contributed by atoms with Gasteiger partial charge in [-0.05, 0) is 31.2 Å². The van der Waals surface area contributed by atoms with Crippen LogP contribution in [0.15, 0.2) is 24.3 Å². The maximum atomic E-state index is 12.0. The lowest BCUT2D eigenvalue weighted by Gasteiger charge is -2.22. The van der Waals surface area contributed by atoms with Crippen LogP contribution in [-0.2, 0) is 19.1 Å². The fourth-order valence-corrected chi connectivity index (χ4v) is 2.15. The molecule has 1 unspecified atom stereocenters. The van der Waals surface area contributed by atoms with E-state index in [1.165, 1.54) is 18.9 Å². The SMILES string of the molecule is COCCN(CC(=O)NCC(=O)Nc1ccc(OC)cc1)C(=O)C(C)Cl. The van der Waals surface area contributed by atoms with Crippen LogP contribution in [0.1, 0.15) is 6.92 Å². The van der Waals surface area contributed by atoms with Crippen LogP contribution < -0.4 is 15.4 Å². The molecule has 144 valence electrons. The highest BCUT2D eigenvalue weighted by Gasteiger charge is 2.21. The Morgan fingerprint density at radius 2 is 1.81 bits per heavy atom. The van der Waals surface area contributed by atoms with Crippen molar-refractivity contribution in [3.8, 4) is 5.75 Å². The van der Waals surface area contributed by atoms with Gasteiger partial charge in [0.15, 0.2) is 0 Å². The van der Waals surface area contributed by atoms with Crippen molar-refractivity contribution in [2.24, 2.45) is 0 Å². The number of methoxy groups -OCH3 is 2. The summed E-state index contributed by atoms with van der Waals surface area (Å²) in [6.07, 6.45) is 0. The number of anilines is 1. The number of amides is 3. The number of nitrogens with zero attached hydrogens (tertiary/aromatic N) is 1. The fourth-order valence-electron chi connectivity index (χ4n) is 2.01. The molecule has 26 heavy (non-hydrogen) atoms. The molecule has 9 heteroatoms. The zero-order valence-electron chi connectivity index (χ0n) is 15.1. The molecule has 0 saturated heterocycles. The first-order chi connectivity index (χ1) is 12.4. The van der Waals surface area contributed by atoms with Crippen molar-refractivity contribution in [3.05, 3.63) is 24.3 Å². The molecule has 0 fully saturated rings. The molecular formula is C17H24ClN3O5. The third-order valence-corrected chi connectivity index (χ3v) is 3.56. The van der Waals surface area contributed by atoms with Gasteiger partial charge in [0.25, 0.3) is 0 Å². The molecular weight excluding hydrogens is 362 g/mol. The average Bonchev–Trinajstić information content (AvgIpc) is 2.63. The van der Waals surface area contributed by atoms with Gasteiger partial charge in [-0.15, -0.1) is 11.6 Å². The number of carbonyl (C=O) groups excluding carboxylic acids is 3. The van der Waals surface area contributed by atoms with E-state index in [1.54, 1.807) is 31.4 Å². The number of hydrogen-bond donors (Lipinski definition) is 2. The molecule has 0 saturated carbocycles. The van der Waals surface area contributed by atoms with E-state index in [4.69, 9.17) is 21.1 Å². The Bertz CT molecular complexity index is 607. The van der Waals surface area contributed by atoms with Crippen molar-refractivity contribution in [1.29, 1.82) is 0 Å². The Morgan fingerprint density at radius 3 is 2.35 bits per heavy atom. The second-order valence-electron chi connectivity index (χ2n) is 5.42. The van der Waals surface area contributed by atoms with Crippen molar-refractivity contribution in [2.45, 2.75) is 12.3 Å². The Balaban J connectivity index is 2.46. The predicted octanol–water partition coefficient (Wildman–Crippen LogP) is 0.852. The molecule has 0 aromatic heterocycles. The maximum absolute atomic E-state index is 12.0. The van der Waals surface area contributed by atoms with E-state index in [1.807, 2.05) is 0 Å². The summed E-state index contributed by atoms with van der Waals surface area (Å²) < 4.78 is 9.96. The van der Waals surface area contributed by atoms with E-state index in [2.05, 4.69) is 10.6 Å². The van der Waals surface area contributed by atoms with Gasteiger partial charge in [0, 0.05) is 19.3 Å². The first kappa shape index (κ1) is 21.7. The third-order valence-electron chi connectivity index (χ3n) is 3.37. The molecule has 1 rings (SSSR count). The number of halogens is 1. The van der Waals surface area contributed by atoms with Gasteiger partial charge in [-0.2, -0.15) is 0 Å². The van der Waals surface area contributed by atoms with Gasteiger partial charge in [0.1, 0.15) is 11.1 Å². The van der Waals surface area contributed by atoms with Gasteiger partial charge in [-0.3, -0.25) is 14.4 Å². The molecule has 2 N–H and O–H groups in total. The quantitative estimate of drug-likeness (QED) is 0.582. The Hall–Kier alpha value is -2.32. The summed E-state index contributed by atoms with van der Waals surface area (Å²) in [5.74, 6) is -0.548. The summed E-state index contributed by atoms with van der Waals surface area (Å²) in [5, 5.41) is 4.37. The van der Waals surface area contributed by atoms with Crippen molar-refractivity contribution in [3.63, 3.8) is 0 Å². The molecule has 8 nitrogen and oxygen atoms in total. The smallest absolute Gasteiger partial charge is 0.243 e. The van der Waals surface area contributed by atoms with E-state index in [-0.39, 0.29) is 38.1 Å². The number of ether oxygens (including phenoxy) is 2. The highest BCUT2D eigenvalue weighted by Crippen LogP contribution is 2.14. The van der Waals surface area contributed by atoms with E-state index in [0.29, 0.717) is 11.4 Å². The zero-order chi connectivity index (χ0) is 19.5. The van der Waals surface area contributed by atoms with Crippen molar-refractivity contribution < 1.29 is 23.9 Å². The van der Waals surface area contributed by atoms with Crippen LogP contribution in [0.5, 0.6) is 5.75 Å². The highest BCUT2D eigenvalue weighted by molar-refractivity contribution is 6.30. The highest BCUT2D eigenvalue weighted by atomic mass is 35.5. The van der Waals surface area contributed by atoms with Crippen molar-refractivity contribution in [1.82, 2.24) is 10.2 Å². The molecule has 0 heterocycles. The minimum absolute atomic E-state index is 0.199. The van der Waals surface area contributed by atoms with Gasteiger partial charge < -0.3 is 25.0 Å². The monoisotopic (exact) mass is 385 g/mol. The molecule has 0 spiro atoms. The standard InChI is InChI=1S/C17H24ClN3O5/c1-12(18)17(24)21(8-9-25-2)11-16(23)19-10-15(22)20-13-4-6-14(26-3)7-5-13/h4-7,12H,8-11H2,1-3H3,(H,19,23)(H,20,22). The molecule has 0 radical (unpaired) electrons.